The minimum absolute atomic E-state index is 0.0643. The fourth-order valence-electron chi connectivity index (χ4n) is 2.98. The zero-order chi connectivity index (χ0) is 18.1. The highest BCUT2D eigenvalue weighted by atomic mass is 35.5. The number of allylic oxidation sites excluding steroid dienone is 1. The second-order valence-corrected chi connectivity index (χ2v) is 6.35. The van der Waals surface area contributed by atoms with Gasteiger partial charge in [-0.2, -0.15) is 8.78 Å². The number of alkyl halides is 2. The summed E-state index contributed by atoms with van der Waals surface area (Å²) in [5.74, 6) is -2.87. The van der Waals surface area contributed by atoms with Crippen molar-refractivity contribution in [3.05, 3.63) is 40.9 Å². The van der Waals surface area contributed by atoms with Crippen molar-refractivity contribution >= 4 is 23.5 Å². The van der Waals surface area contributed by atoms with Crippen LogP contribution in [0.25, 0.3) is 0 Å². The predicted octanol–water partition coefficient (Wildman–Crippen LogP) is 3.70. The average Bonchev–Trinajstić information content (AvgIpc) is 2.48. The van der Waals surface area contributed by atoms with Gasteiger partial charge in [0.1, 0.15) is 11.2 Å². The smallest absolute Gasteiger partial charge is 0.387 e. The summed E-state index contributed by atoms with van der Waals surface area (Å²) in [6.07, 6.45) is 2.46. The van der Waals surface area contributed by atoms with Crippen molar-refractivity contribution in [3.63, 3.8) is 0 Å². The highest BCUT2D eigenvalue weighted by Gasteiger charge is 2.51. The number of carboxylic acids is 2. The van der Waals surface area contributed by atoms with E-state index < -0.39 is 29.4 Å². The van der Waals surface area contributed by atoms with Crippen LogP contribution in [0.2, 0.25) is 5.02 Å². The molecule has 0 radical (unpaired) electrons. The predicted molar refractivity (Wildman–Crippen MR) is 81.5 cm³/mol. The molecular formula is C16H15ClF2O5. The summed E-state index contributed by atoms with van der Waals surface area (Å²) < 4.78 is 29.8. The second kappa shape index (κ2) is 6.39. The standard InChI is InChI=1S/C16H15ClF2O5/c1-15(12(20)21)5-2-6-16(8-15,13(22)23)10-7-9(17)3-4-11(10)24-14(18)19/h2-5,7,14H,6,8H2,1H3,(H,20,21)(H,22,23). The molecular weight excluding hydrogens is 346 g/mol. The van der Waals surface area contributed by atoms with Crippen molar-refractivity contribution in [2.75, 3.05) is 0 Å². The van der Waals surface area contributed by atoms with Crippen molar-refractivity contribution in [2.24, 2.45) is 5.41 Å². The van der Waals surface area contributed by atoms with Gasteiger partial charge < -0.3 is 14.9 Å². The third-order valence-corrected chi connectivity index (χ3v) is 4.43. The molecule has 0 bridgehead atoms. The molecule has 0 aliphatic heterocycles. The van der Waals surface area contributed by atoms with Crippen molar-refractivity contribution < 1.29 is 33.3 Å². The number of benzene rings is 1. The highest BCUT2D eigenvalue weighted by Crippen LogP contribution is 2.48. The molecule has 2 rings (SSSR count). The Morgan fingerprint density at radius 2 is 1.96 bits per heavy atom. The molecule has 0 spiro atoms. The van der Waals surface area contributed by atoms with Crippen LogP contribution in [-0.2, 0) is 15.0 Å². The molecule has 1 aromatic rings. The van der Waals surface area contributed by atoms with E-state index in [4.69, 9.17) is 11.6 Å². The van der Waals surface area contributed by atoms with E-state index in [1.165, 1.54) is 31.2 Å². The van der Waals surface area contributed by atoms with Crippen LogP contribution in [0.3, 0.4) is 0 Å². The van der Waals surface area contributed by atoms with E-state index in [-0.39, 0.29) is 29.2 Å². The fraction of sp³-hybridized carbons (Fsp3) is 0.375. The Labute approximate surface area is 141 Å². The van der Waals surface area contributed by atoms with Crippen molar-refractivity contribution in [2.45, 2.75) is 31.8 Å². The quantitative estimate of drug-likeness (QED) is 0.782. The first-order valence-electron chi connectivity index (χ1n) is 7.00. The third-order valence-electron chi connectivity index (χ3n) is 4.19. The number of hydrogen-bond donors (Lipinski definition) is 2. The van der Waals surface area contributed by atoms with Gasteiger partial charge in [0, 0.05) is 10.6 Å². The summed E-state index contributed by atoms with van der Waals surface area (Å²) in [5.41, 5.74) is -3.27. The van der Waals surface area contributed by atoms with Gasteiger partial charge in [-0.05, 0) is 38.0 Å². The molecule has 5 nitrogen and oxygen atoms in total. The molecule has 1 aliphatic carbocycles. The Bertz CT molecular complexity index is 706. The van der Waals surface area contributed by atoms with Gasteiger partial charge >= 0.3 is 18.6 Å². The SMILES string of the molecule is CC1(C(=O)O)C=CCC(C(=O)O)(c2cc(Cl)ccc2OC(F)F)C1. The summed E-state index contributed by atoms with van der Waals surface area (Å²) >= 11 is 5.90. The summed E-state index contributed by atoms with van der Waals surface area (Å²) in [6.45, 7) is -1.78. The van der Waals surface area contributed by atoms with Crippen LogP contribution in [0, 0.1) is 5.41 Å². The molecule has 0 amide bonds. The topological polar surface area (TPSA) is 83.8 Å². The van der Waals surface area contributed by atoms with Crippen LogP contribution >= 0.6 is 11.6 Å². The maximum Gasteiger partial charge on any atom is 0.387 e. The van der Waals surface area contributed by atoms with Gasteiger partial charge in [0.05, 0.1) is 5.41 Å². The molecule has 2 unspecified atom stereocenters. The van der Waals surface area contributed by atoms with Gasteiger partial charge in [-0.25, -0.2) is 0 Å². The molecule has 0 fully saturated rings. The van der Waals surface area contributed by atoms with Crippen LogP contribution in [0.15, 0.2) is 30.4 Å². The number of hydrogen-bond acceptors (Lipinski definition) is 3. The van der Waals surface area contributed by atoms with Gasteiger partial charge in [0.2, 0.25) is 0 Å². The van der Waals surface area contributed by atoms with Crippen LogP contribution in [0.4, 0.5) is 8.78 Å². The summed E-state index contributed by atoms with van der Waals surface area (Å²) in [7, 11) is 0. The normalized spacial score (nSPS) is 26.4. The third kappa shape index (κ3) is 3.21. The van der Waals surface area contributed by atoms with Gasteiger partial charge in [-0.1, -0.05) is 23.8 Å². The highest BCUT2D eigenvalue weighted by molar-refractivity contribution is 6.30. The molecule has 2 atom stereocenters. The van der Waals surface area contributed by atoms with Gasteiger partial charge in [-0.15, -0.1) is 0 Å². The second-order valence-electron chi connectivity index (χ2n) is 5.91. The van der Waals surface area contributed by atoms with Crippen LogP contribution in [-0.4, -0.2) is 28.8 Å². The number of ether oxygens (including phenoxy) is 1. The molecule has 0 saturated heterocycles. The van der Waals surface area contributed by atoms with Gasteiger partial charge in [0.15, 0.2) is 0 Å². The molecule has 1 aromatic carbocycles. The van der Waals surface area contributed by atoms with Crippen LogP contribution in [0.5, 0.6) is 5.75 Å². The number of rotatable bonds is 5. The van der Waals surface area contributed by atoms with E-state index in [1.54, 1.807) is 0 Å². The van der Waals surface area contributed by atoms with Crippen molar-refractivity contribution in [1.29, 1.82) is 0 Å². The lowest BCUT2D eigenvalue weighted by Gasteiger charge is -2.39. The molecule has 0 heterocycles. The van der Waals surface area contributed by atoms with E-state index in [2.05, 4.69) is 4.74 Å². The molecule has 24 heavy (non-hydrogen) atoms. The first kappa shape index (κ1) is 18.2. The maximum absolute atomic E-state index is 12.7. The number of carbonyl (C=O) groups is 2. The van der Waals surface area contributed by atoms with Crippen molar-refractivity contribution in [3.8, 4) is 5.75 Å². The van der Waals surface area contributed by atoms with E-state index in [1.807, 2.05) is 0 Å². The van der Waals surface area contributed by atoms with Crippen LogP contribution < -0.4 is 4.74 Å². The molecule has 0 aromatic heterocycles. The maximum atomic E-state index is 12.7. The monoisotopic (exact) mass is 360 g/mol. The van der Waals surface area contributed by atoms with Crippen LogP contribution in [0.1, 0.15) is 25.3 Å². The largest absolute Gasteiger partial charge is 0.481 e. The van der Waals surface area contributed by atoms with E-state index in [0.29, 0.717) is 0 Å². The fourth-order valence-corrected chi connectivity index (χ4v) is 3.16. The van der Waals surface area contributed by atoms with Gasteiger partial charge in [0.25, 0.3) is 0 Å². The Morgan fingerprint density at radius 1 is 1.29 bits per heavy atom. The Hall–Kier alpha value is -2.15. The summed E-state index contributed by atoms with van der Waals surface area (Å²) in [5, 5.41) is 19.3. The van der Waals surface area contributed by atoms with Crippen molar-refractivity contribution in [1.82, 2.24) is 0 Å². The lowest BCUT2D eigenvalue weighted by molar-refractivity contribution is -0.151. The summed E-state index contributed by atoms with van der Waals surface area (Å²) in [4.78, 5) is 23.5. The summed E-state index contributed by atoms with van der Waals surface area (Å²) in [6, 6.07) is 3.69. The van der Waals surface area contributed by atoms with E-state index in [0.717, 1.165) is 6.07 Å². The minimum atomic E-state index is -3.15. The number of halogens is 3. The lowest BCUT2D eigenvalue weighted by Crippen LogP contribution is -2.45. The Morgan fingerprint density at radius 3 is 2.50 bits per heavy atom. The first-order chi connectivity index (χ1) is 11.1. The molecule has 2 N–H and O–H groups in total. The lowest BCUT2D eigenvalue weighted by atomic mass is 9.63. The minimum Gasteiger partial charge on any atom is -0.481 e. The van der Waals surface area contributed by atoms with E-state index in [9.17, 15) is 28.6 Å². The molecule has 1 aliphatic rings. The van der Waals surface area contributed by atoms with E-state index >= 15 is 0 Å². The molecule has 8 heteroatoms. The molecule has 130 valence electrons. The average molecular weight is 361 g/mol. The van der Waals surface area contributed by atoms with Gasteiger partial charge in [-0.3, -0.25) is 9.59 Å². The first-order valence-corrected chi connectivity index (χ1v) is 7.38. The Balaban J connectivity index is 2.65. The number of carboxylic acid groups (broad SMARTS) is 2. The molecule has 0 saturated carbocycles. The zero-order valence-corrected chi connectivity index (χ0v) is 13.4. The zero-order valence-electron chi connectivity index (χ0n) is 12.6. The number of aliphatic carboxylic acids is 2. The Kier molecular flexibility index (Phi) is 4.85.